The van der Waals surface area contributed by atoms with Crippen LogP contribution in [0.2, 0.25) is 0 Å². The van der Waals surface area contributed by atoms with Gasteiger partial charge in [-0.15, -0.1) is 0 Å². The first kappa shape index (κ1) is 19.7. The molecule has 85 valence electrons. The average molecular weight is 255 g/mol. The van der Waals surface area contributed by atoms with Crippen molar-refractivity contribution < 1.29 is 36.2 Å². The number of hydrogen-bond acceptors (Lipinski definition) is 4. The van der Waals surface area contributed by atoms with Gasteiger partial charge in [0, 0.05) is 0 Å². The molecule has 0 aliphatic heterocycles. The quantitative estimate of drug-likeness (QED) is 0.557. The monoisotopic (exact) mass is 255 g/mol. The number of rotatable bonds is 4. The van der Waals surface area contributed by atoms with Crippen molar-refractivity contribution in [2.45, 2.75) is 40.5 Å². The third-order valence-corrected chi connectivity index (χ3v) is 0.996. The molecule has 0 aromatic heterocycles. The molecule has 0 bridgehead atoms. The standard InChI is InChI=1S/2C5H8O2.Mn/c2*1-4(6)3-5(2)7;/h2*3H2,1-2H3;/q;;+2. The van der Waals surface area contributed by atoms with E-state index in [1.807, 2.05) is 0 Å². The summed E-state index contributed by atoms with van der Waals surface area (Å²) in [5, 5.41) is 0. The molecule has 0 heterocycles. The normalized spacial score (nSPS) is 7.73. The molecule has 0 saturated carbocycles. The molecule has 0 aromatic rings. The van der Waals surface area contributed by atoms with Crippen LogP contribution in [0.3, 0.4) is 0 Å². The summed E-state index contributed by atoms with van der Waals surface area (Å²) in [6.07, 6.45) is 0.167. The first-order valence-corrected chi connectivity index (χ1v) is 4.23. The summed E-state index contributed by atoms with van der Waals surface area (Å²) in [5.74, 6) is -0.250. The molecule has 0 unspecified atom stereocenters. The van der Waals surface area contributed by atoms with E-state index in [0.717, 1.165) is 0 Å². The third kappa shape index (κ3) is 31.9. The molecular weight excluding hydrogens is 239 g/mol. The molecular formula is C10H16MnO4+2. The van der Waals surface area contributed by atoms with Crippen molar-refractivity contribution in [1.82, 2.24) is 0 Å². The maximum Gasteiger partial charge on any atom is 2.00 e. The molecule has 0 saturated heterocycles. The van der Waals surface area contributed by atoms with Gasteiger partial charge in [-0.3, -0.25) is 19.2 Å². The smallest absolute Gasteiger partial charge is 0.300 e. The first-order valence-electron chi connectivity index (χ1n) is 4.23. The molecule has 0 aromatic carbocycles. The van der Waals surface area contributed by atoms with E-state index in [2.05, 4.69) is 0 Å². The number of ketones is 4. The van der Waals surface area contributed by atoms with Crippen LogP contribution >= 0.6 is 0 Å². The van der Waals surface area contributed by atoms with Crippen LogP contribution in [0.1, 0.15) is 40.5 Å². The van der Waals surface area contributed by atoms with E-state index in [1.54, 1.807) is 0 Å². The van der Waals surface area contributed by atoms with Crippen molar-refractivity contribution in [3.8, 4) is 0 Å². The van der Waals surface area contributed by atoms with E-state index >= 15 is 0 Å². The fourth-order valence-electron chi connectivity index (χ4n) is 0.701. The molecule has 0 rings (SSSR count). The SMILES string of the molecule is CC(=O)CC(C)=O.CC(=O)CC(C)=O.[Mn+2]. The van der Waals surface area contributed by atoms with Crippen LogP contribution in [0, 0.1) is 0 Å². The molecule has 0 spiro atoms. The van der Waals surface area contributed by atoms with Crippen molar-refractivity contribution >= 4 is 23.1 Å². The largest absolute Gasteiger partial charge is 2.00 e. The Morgan fingerprint density at radius 3 is 0.733 bits per heavy atom. The third-order valence-electron chi connectivity index (χ3n) is 0.996. The van der Waals surface area contributed by atoms with Gasteiger partial charge in [-0.25, -0.2) is 0 Å². The zero-order valence-corrected chi connectivity index (χ0v) is 10.6. The summed E-state index contributed by atoms with van der Waals surface area (Å²) >= 11 is 0. The Balaban J connectivity index is -0.000000180. The predicted molar refractivity (Wildman–Crippen MR) is 52.0 cm³/mol. The summed E-state index contributed by atoms with van der Waals surface area (Å²) in [4.78, 5) is 40.1. The molecule has 1 radical (unpaired) electrons. The van der Waals surface area contributed by atoms with Gasteiger partial charge in [-0.1, -0.05) is 0 Å². The van der Waals surface area contributed by atoms with Crippen LogP contribution in [0.15, 0.2) is 0 Å². The minimum Gasteiger partial charge on any atom is -0.300 e. The summed E-state index contributed by atoms with van der Waals surface area (Å²) in [7, 11) is 0. The fraction of sp³-hybridized carbons (Fsp3) is 0.600. The van der Waals surface area contributed by atoms with E-state index in [0.29, 0.717) is 0 Å². The number of Topliss-reactive ketones (excluding diaryl/α,β-unsaturated/α-hetero) is 4. The van der Waals surface area contributed by atoms with Crippen molar-refractivity contribution in [3.63, 3.8) is 0 Å². The average Bonchev–Trinajstić information content (AvgIpc) is 1.79. The second-order valence-electron chi connectivity index (χ2n) is 3.16. The van der Waals surface area contributed by atoms with Gasteiger partial charge in [-0.2, -0.15) is 0 Å². The Kier molecular flexibility index (Phi) is 14.8. The zero-order chi connectivity index (χ0) is 11.7. The molecule has 0 N–H and O–H groups in total. The molecule has 15 heavy (non-hydrogen) atoms. The van der Waals surface area contributed by atoms with E-state index in [-0.39, 0.29) is 53.0 Å². The molecule has 5 heteroatoms. The van der Waals surface area contributed by atoms with Gasteiger partial charge in [-0.05, 0) is 27.7 Å². The van der Waals surface area contributed by atoms with E-state index < -0.39 is 0 Å². The zero-order valence-electron chi connectivity index (χ0n) is 9.43. The van der Waals surface area contributed by atoms with E-state index in [4.69, 9.17) is 0 Å². The van der Waals surface area contributed by atoms with Crippen LogP contribution in [0.5, 0.6) is 0 Å². The minimum atomic E-state index is -0.0625. The Bertz CT molecular complexity index is 196. The topological polar surface area (TPSA) is 68.3 Å². The summed E-state index contributed by atoms with van der Waals surface area (Å²) < 4.78 is 0. The van der Waals surface area contributed by atoms with Crippen molar-refractivity contribution in [2.75, 3.05) is 0 Å². The van der Waals surface area contributed by atoms with Gasteiger partial charge in [0.05, 0.1) is 12.8 Å². The van der Waals surface area contributed by atoms with Crippen LogP contribution in [-0.4, -0.2) is 23.1 Å². The van der Waals surface area contributed by atoms with Gasteiger partial charge >= 0.3 is 17.1 Å². The maximum atomic E-state index is 10.0. The van der Waals surface area contributed by atoms with Crippen molar-refractivity contribution in [2.24, 2.45) is 0 Å². The Labute approximate surface area is 100 Å². The molecule has 0 amide bonds. The van der Waals surface area contributed by atoms with Gasteiger partial charge in [0.2, 0.25) is 0 Å². The molecule has 0 aliphatic carbocycles. The second kappa shape index (κ2) is 11.3. The Morgan fingerprint density at radius 2 is 0.733 bits per heavy atom. The number of hydrogen-bond donors (Lipinski definition) is 0. The summed E-state index contributed by atoms with van der Waals surface area (Å²) in [5.41, 5.74) is 0. The first-order chi connectivity index (χ1) is 6.25. The van der Waals surface area contributed by atoms with Gasteiger partial charge < -0.3 is 0 Å². The van der Waals surface area contributed by atoms with Crippen LogP contribution in [0.25, 0.3) is 0 Å². The predicted octanol–water partition coefficient (Wildman–Crippen LogP) is 1.11. The number of carbonyl (C=O) groups excluding carboxylic acids is 4. The summed E-state index contributed by atoms with van der Waals surface area (Å²) in [6, 6.07) is 0. The van der Waals surface area contributed by atoms with Gasteiger partial charge in [0.1, 0.15) is 23.1 Å². The second-order valence-corrected chi connectivity index (χ2v) is 3.16. The van der Waals surface area contributed by atoms with E-state index in [9.17, 15) is 19.2 Å². The van der Waals surface area contributed by atoms with Crippen LogP contribution < -0.4 is 0 Å². The van der Waals surface area contributed by atoms with Crippen LogP contribution in [0.4, 0.5) is 0 Å². The van der Waals surface area contributed by atoms with Gasteiger partial charge in [0.15, 0.2) is 0 Å². The van der Waals surface area contributed by atoms with Crippen LogP contribution in [-0.2, 0) is 36.2 Å². The van der Waals surface area contributed by atoms with Crippen molar-refractivity contribution in [3.05, 3.63) is 0 Å². The minimum absolute atomic E-state index is 0. The fourth-order valence-corrected chi connectivity index (χ4v) is 0.701. The molecule has 0 atom stereocenters. The Hall–Kier alpha value is -0.801. The molecule has 0 fully saturated rings. The van der Waals surface area contributed by atoms with Gasteiger partial charge in [0.25, 0.3) is 0 Å². The number of carbonyl (C=O) groups is 4. The van der Waals surface area contributed by atoms with Crippen molar-refractivity contribution in [1.29, 1.82) is 0 Å². The molecule has 4 nitrogen and oxygen atoms in total. The Morgan fingerprint density at radius 1 is 0.600 bits per heavy atom. The summed E-state index contributed by atoms with van der Waals surface area (Å²) in [6.45, 7) is 5.62. The van der Waals surface area contributed by atoms with E-state index in [1.165, 1.54) is 27.7 Å². The maximum absolute atomic E-state index is 10.0. The molecule has 0 aliphatic rings.